The molecule has 1 N–H and O–H groups in total. The molecule has 2 heterocycles. The van der Waals surface area contributed by atoms with E-state index in [2.05, 4.69) is 42.0 Å². The molecule has 0 fully saturated rings. The lowest BCUT2D eigenvalue weighted by molar-refractivity contribution is 0.520. The molecule has 0 aliphatic rings. The number of H-pyrrole nitrogens is 1. The first-order valence-electron chi connectivity index (χ1n) is 8.07. The van der Waals surface area contributed by atoms with Gasteiger partial charge in [-0.25, -0.2) is 14.8 Å². The molecule has 2 aromatic heterocycles. The maximum Gasteiger partial charge on any atom is 0.328 e. The largest absolute Gasteiger partial charge is 0.328 e. The molecular weight excluding hydrogens is 300 g/mol. The van der Waals surface area contributed by atoms with Crippen molar-refractivity contribution in [1.29, 1.82) is 0 Å². The molecule has 4 rings (SSSR count). The van der Waals surface area contributed by atoms with Crippen molar-refractivity contribution in [2.45, 2.75) is 20.4 Å². The van der Waals surface area contributed by atoms with E-state index in [9.17, 15) is 4.79 Å². The summed E-state index contributed by atoms with van der Waals surface area (Å²) in [7, 11) is 0. The Morgan fingerprint density at radius 1 is 1.12 bits per heavy atom. The Kier molecular flexibility index (Phi) is 3.41. The van der Waals surface area contributed by atoms with Crippen LogP contribution < -0.4 is 5.69 Å². The fraction of sp³-hybridized carbons (Fsp3) is 0.211. The van der Waals surface area contributed by atoms with Crippen LogP contribution in [0.4, 0.5) is 0 Å². The number of hydrogen-bond acceptors (Lipinski definition) is 3. The quantitative estimate of drug-likeness (QED) is 0.628. The average Bonchev–Trinajstić information content (AvgIpc) is 2.89. The molecule has 5 heteroatoms. The fourth-order valence-corrected chi connectivity index (χ4v) is 3.03. The standard InChI is InChI=1S/C19H18N4O/c1-12(2)11-23-18-17(22-19(23)24)20-10-16(21-18)15-9-5-7-13-6-3-4-8-14(13)15/h3-10,12H,11H2,1-2H3,(H,20,22,24). The van der Waals surface area contributed by atoms with Crippen molar-refractivity contribution in [3.8, 4) is 11.3 Å². The molecule has 5 nitrogen and oxygen atoms in total. The predicted octanol–water partition coefficient (Wildman–Crippen LogP) is 3.60. The van der Waals surface area contributed by atoms with Gasteiger partial charge in [0.05, 0.1) is 11.9 Å². The number of aromatic amines is 1. The molecule has 0 saturated carbocycles. The second-order valence-corrected chi connectivity index (χ2v) is 6.39. The Hall–Kier alpha value is -2.95. The maximum atomic E-state index is 12.2. The Balaban J connectivity index is 1.95. The molecular formula is C19H18N4O. The first kappa shape index (κ1) is 14.6. The summed E-state index contributed by atoms with van der Waals surface area (Å²) >= 11 is 0. The van der Waals surface area contributed by atoms with Gasteiger partial charge in [0.1, 0.15) is 0 Å². The molecule has 24 heavy (non-hydrogen) atoms. The number of benzene rings is 2. The smallest absolute Gasteiger partial charge is 0.289 e. The number of nitrogens with one attached hydrogen (secondary N) is 1. The number of fused-ring (bicyclic) bond motifs is 2. The summed E-state index contributed by atoms with van der Waals surface area (Å²) in [6, 6.07) is 14.3. The molecule has 0 aliphatic heterocycles. The zero-order valence-corrected chi connectivity index (χ0v) is 13.7. The van der Waals surface area contributed by atoms with Gasteiger partial charge in [-0.3, -0.25) is 9.55 Å². The van der Waals surface area contributed by atoms with Gasteiger partial charge >= 0.3 is 5.69 Å². The lowest BCUT2D eigenvalue weighted by Gasteiger charge is -2.08. The van der Waals surface area contributed by atoms with Gasteiger partial charge < -0.3 is 0 Å². The number of imidazole rings is 1. The second kappa shape index (κ2) is 5.60. The summed E-state index contributed by atoms with van der Waals surface area (Å²) in [4.78, 5) is 24.1. The van der Waals surface area contributed by atoms with Gasteiger partial charge in [0, 0.05) is 12.1 Å². The highest BCUT2D eigenvalue weighted by Crippen LogP contribution is 2.27. The average molecular weight is 318 g/mol. The Labute approximate surface area is 139 Å². The Bertz CT molecular complexity index is 1090. The van der Waals surface area contributed by atoms with Crippen LogP contribution in [0.25, 0.3) is 33.3 Å². The van der Waals surface area contributed by atoms with E-state index in [0.29, 0.717) is 23.8 Å². The van der Waals surface area contributed by atoms with Gasteiger partial charge in [-0.05, 0) is 16.7 Å². The number of nitrogens with zero attached hydrogens (tertiary/aromatic N) is 3. The lowest BCUT2D eigenvalue weighted by Crippen LogP contribution is -2.19. The van der Waals surface area contributed by atoms with Crippen molar-refractivity contribution >= 4 is 22.1 Å². The monoisotopic (exact) mass is 318 g/mol. The number of rotatable bonds is 3. The zero-order chi connectivity index (χ0) is 16.7. The Morgan fingerprint density at radius 2 is 1.92 bits per heavy atom. The van der Waals surface area contributed by atoms with Gasteiger partial charge in [0.25, 0.3) is 0 Å². The van der Waals surface area contributed by atoms with Crippen molar-refractivity contribution in [2.24, 2.45) is 5.92 Å². The van der Waals surface area contributed by atoms with Crippen LogP contribution in [-0.2, 0) is 6.54 Å². The summed E-state index contributed by atoms with van der Waals surface area (Å²) < 4.78 is 1.67. The van der Waals surface area contributed by atoms with Crippen LogP contribution in [0.15, 0.2) is 53.5 Å². The molecule has 0 radical (unpaired) electrons. The van der Waals surface area contributed by atoms with Crippen molar-refractivity contribution in [3.05, 3.63) is 59.1 Å². The van der Waals surface area contributed by atoms with Crippen molar-refractivity contribution < 1.29 is 0 Å². The van der Waals surface area contributed by atoms with E-state index in [4.69, 9.17) is 4.98 Å². The van der Waals surface area contributed by atoms with Gasteiger partial charge in [-0.15, -0.1) is 0 Å². The third-order valence-corrected chi connectivity index (χ3v) is 4.09. The first-order chi connectivity index (χ1) is 11.6. The van der Waals surface area contributed by atoms with E-state index >= 15 is 0 Å². The first-order valence-corrected chi connectivity index (χ1v) is 8.07. The normalized spacial score (nSPS) is 11.6. The third kappa shape index (κ3) is 2.38. The Morgan fingerprint density at radius 3 is 2.75 bits per heavy atom. The van der Waals surface area contributed by atoms with Crippen molar-refractivity contribution in [1.82, 2.24) is 19.5 Å². The van der Waals surface area contributed by atoms with Gasteiger partial charge in [-0.2, -0.15) is 0 Å². The SMILES string of the molecule is CC(C)Cn1c(=O)[nH]c2ncc(-c3cccc4ccccc34)nc21. The van der Waals surface area contributed by atoms with E-state index in [1.165, 1.54) is 0 Å². The summed E-state index contributed by atoms with van der Waals surface area (Å²) in [5.74, 6) is 0.352. The van der Waals surface area contributed by atoms with Crippen LogP contribution in [0.5, 0.6) is 0 Å². The molecule has 0 spiro atoms. The lowest BCUT2D eigenvalue weighted by atomic mass is 10.0. The van der Waals surface area contributed by atoms with Crippen LogP contribution in [-0.4, -0.2) is 19.5 Å². The van der Waals surface area contributed by atoms with E-state index in [1.807, 2.05) is 24.3 Å². The van der Waals surface area contributed by atoms with Crippen LogP contribution in [0.1, 0.15) is 13.8 Å². The number of aromatic nitrogens is 4. The van der Waals surface area contributed by atoms with Gasteiger partial charge in [0.15, 0.2) is 11.3 Å². The minimum Gasteiger partial charge on any atom is -0.289 e. The highest BCUT2D eigenvalue weighted by Gasteiger charge is 2.13. The molecule has 0 aliphatic carbocycles. The van der Waals surface area contributed by atoms with Crippen LogP contribution in [0.3, 0.4) is 0 Å². The van der Waals surface area contributed by atoms with Crippen LogP contribution in [0.2, 0.25) is 0 Å². The highest BCUT2D eigenvalue weighted by atomic mass is 16.1. The fourth-order valence-electron chi connectivity index (χ4n) is 3.03. The molecule has 0 unspecified atom stereocenters. The summed E-state index contributed by atoms with van der Waals surface area (Å²) in [5, 5.41) is 2.28. The van der Waals surface area contributed by atoms with E-state index in [0.717, 1.165) is 22.0 Å². The molecule has 4 aromatic rings. The molecule has 2 aromatic carbocycles. The van der Waals surface area contributed by atoms with E-state index < -0.39 is 0 Å². The molecule has 0 saturated heterocycles. The summed E-state index contributed by atoms with van der Waals surface area (Å²) in [6.45, 7) is 4.77. The van der Waals surface area contributed by atoms with E-state index in [1.54, 1.807) is 10.8 Å². The van der Waals surface area contributed by atoms with Crippen LogP contribution in [0, 0.1) is 5.92 Å². The van der Waals surface area contributed by atoms with Gasteiger partial charge in [-0.1, -0.05) is 56.3 Å². The summed E-state index contributed by atoms with van der Waals surface area (Å²) in [6.07, 6.45) is 1.72. The second-order valence-electron chi connectivity index (χ2n) is 6.39. The van der Waals surface area contributed by atoms with Crippen molar-refractivity contribution in [2.75, 3.05) is 0 Å². The minimum atomic E-state index is -0.159. The molecule has 0 bridgehead atoms. The molecule has 0 amide bonds. The zero-order valence-electron chi connectivity index (χ0n) is 13.7. The predicted molar refractivity (Wildman–Crippen MR) is 95.9 cm³/mol. The van der Waals surface area contributed by atoms with Crippen molar-refractivity contribution in [3.63, 3.8) is 0 Å². The minimum absolute atomic E-state index is 0.159. The maximum absolute atomic E-state index is 12.2. The molecule has 0 atom stereocenters. The third-order valence-electron chi connectivity index (χ3n) is 4.09. The van der Waals surface area contributed by atoms with Gasteiger partial charge in [0.2, 0.25) is 0 Å². The summed E-state index contributed by atoms with van der Waals surface area (Å²) in [5.41, 5.74) is 2.78. The number of hydrogen-bond donors (Lipinski definition) is 1. The molecule has 120 valence electrons. The topological polar surface area (TPSA) is 63.6 Å². The highest BCUT2D eigenvalue weighted by molar-refractivity contribution is 5.96. The van der Waals surface area contributed by atoms with E-state index in [-0.39, 0.29) is 5.69 Å². The van der Waals surface area contributed by atoms with Crippen LogP contribution >= 0.6 is 0 Å².